The Labute approximate surface area is 187 Å². The number of carbonyl (C=O) groups is 1. The lowest BCUT2D eigenvalue weighted by atomic mass is 10.1. The van der Waals surface area contributed by atoms with E-state index in [1.807, 2.05) is 24.3 Å². The number of hydrogen-bond donors (Lipinski definition) is 1. The second-order valence-corrected chi connectivity index (χ2v) is 8.20. The number of halogens is 2. The van der Waals surface area contributed by atoms with Crippen molar-refractivity contribution in [3.8, 4) is 22.1 Å². The predicted octanol–water partition coefficient (Wildman–Crippen LogP) is 6.54. The number of benzene rings is 3. The molecule has 1 aromatic heterocycles. The molecular weight excluding hydrogens is 443 g/mol. The van der Waals surface area contributed by atoms with Crippen LogP contribution in [0.25, 0.3) is 20.8 Å². The van der Waals surface area contributed by atoms with Gasteiger partial charge in [-0.15, -0.1) is 11.3 Å². The number of methoxy groups -OCH3 is 2. The van der Waals surface area contributed by atoms with Crippen LogP contribution in [-0.4, -0.2) is 25.1 Å². The monoisotopic (exact) mass is 458 g/mol. The number of aromatic nitrogens is 1. The number of para-hydroxylation sites is 1. The van der Waals surface area contributed by atoms with Crippen molar-refractivity contribution in [2.45, 2.75) is 0 Å². The normalized spacial score (nSPS) is 10.8. The number of rotatable bonds is 5. The molecule has 4 rings (SSSR count). The van der Waals surface area contributed by atoms with Gasteiger partial charge in [-0.3, -0.25) is 4.79 Å². The molecule has 0 spiro atoms. The molecule has 1 N–H and O–H groups in total. The molecule has 0 saturated heterocycles. The van der Waals surface area contributed by atoms with Gasteiger partial charge >= 0.3 is 0 Å². The summed E-state index contributed by atoms with van der Waals surface area (Å²) in [7, 11) is 3.05. The van der Waals surface area contributed by atoms with Crippen molar-refractivity contribution in [3.63, 3.8) is 0 Å². The van der Waals surface area contributed by atoms with Crippen molar-refractivity contribution in [1.29, 1.82) is 0 Å². The number of hydrogen-bond acceptors (Lipinski definition) is 5. The molecular formula is C22H16Cl2N2O3S. The van der Waals surface area contributed by atoms with E-state index in [0.717, 1.165) is 10.2 Å². The molecule has 0 bridgehead atoms. The van der Waals surface area contributed by atoms with E-state index >= 15 is 0 Å². The van der Waals surface area contributed by atoms with Gasteiger partial charge in [0.1, 0.15) is 5.01 Å². The molecule has 0 saturated carbocycles. The zero-order valence-corrected chi connectivity index (χ0v) is 18.4. The van der Waals surface area contributed by atoms with Crippen molar-refractivity contribution in [1.82, 2.24) is 4.98 Å². The molecule has 0 radical (unpaired) electrons. The van der Waals surface area contributed by atoms with E-state index in [9.17, 15) is 4.79 Å². The summed E-state index contributed by atoms with van der Waals surface area (Å²) in [5, 5.41) is 4.39. The Hall–Kier alpha value is -2.80. The number of ether oxygens (including phenoxy) is 2. The van der Waals surface area contributed by atoms with E-state index in [2.05, 4.69) is 10.3 Å². The van der Waals surface area contributed by atoms with Crippen LogP contribution in [0.5, 0.6) is 11.5 Å². The summed E-state index contributed by atoms with van der Waals surface area (Å²) < 4.78 is 11.5. The first-order valence-electron chi connectivity index (χ1n) is 8.88. The third-order valence-electron chi connectivity index (χ3n) is 4.46. The summed E-state index contributed by atoms with van der Waals surface area (Å²) in [6.07, 6.45) is 0. The zero-order valence-electron chi connectivity index (χ0n) is 16.0. The molecule has 1 amide bonds. The van der Waals surface area contributed by atoms with Gasteiger partial charge in [-0.05, 0) is 42.5 Å². The fourth-order valence-corrected chi connectivity index (χ4v) is 4.55. The van der Waals surface area contributed by atoms with E-state index in [-0.39, 0.29) is 5.91 Å². The zero-order chi connectivity index (χ0) is 21.3. The lowest BCUT2D eigenvalue weighted by Gasteiger charge is -2.13. The predicted molar refractivity (Wildman–Crippen MR) is 123 cm³/mol. The van der Waals surface area contributed by atoms with Gasteiger partial charge in [0, 0.05) is 16.1 Å². The summed E-state index contributed by atoms with van der Waals surface area (Å²) in [5.41, 5.74) is 2.36. The van der Waals surface area contributed by atoms with E-state index in [0.29, 0.717) is 43.4 Å². The average Bonchev–Trinajstić information content (AvgIpc) is 3.18. The largest absolute Gasteiger partial charge is 0.493 e. The van der Waals surface area contributed by atoms with E-state index < -0.39 is 0 Å². The molecule has 152 valence electrons. The minimum absolute atomic E-state index is 0.325. The smallest absolute Gasteiger partial charge is 0.255 e. The van der Waals surface area contributed by atoms with Gasteiger partial charge < -0.3 is 14.8 Å². The first kappa shape index (κ1) is 20.5. The highest BCUT2D eigenvalue weighted by atomic mass is 35.5. The highest BCUT2D eigenvalue weighted by molar-refractivity contribution is 7.21. The van der Waals surface area contributed by atoms with E-state index in [1.54, 1.807) is 30.3 Å². The standard InChI is InChI=1S/C22H16Cl2N2O3S/c1-28-17-8-7-12(9-18(17)29-2)21(27)26-20-14(10-13(23)11-15(20)24)22-25-16-5-3-4-6-19(16)30-22/h3-11H,1-2H3,(H,26,27). The molecule has 1 heterocycles. The van der Waals surface area contributed by atoms with Crippen LogP contribution in [0.3, 0.4) is 0 Å². The Morgan fingerprint density at radius 2 is 1.77 bits per heavy atom. The van der Waals surface area contributed by atoms with Crippen LogP contribution in [0.15, 0.2) is 54.6 Å². The Kier molecular flexibility index (Phi) is 5.81. The number of fused-ring (bicyclic) bond motifs is 1. The van der Waals surface area contributed by atoms with E-state index in [4.69, 9.17) is 32.7 Å². The minimum Gasteiger partial charge on any atom is -0.493 e. The molecule has 5 nitrogen and oxygen atoms in total. The molecule has 0 aliphatic carbocycles. The fourth-order valence-electron chi connectivity index (χ4n) is 3.02. The van der Waals surface area contributed by atoms with Crippen molar-refractivity contribution in [2.24, 2.45) is 0 Å². The van der Waals surface area contributed by atoms with Gasteiger partial charge in [-0.1, -0.05) is 35.3 Å². The lowest BCUT2D eigenvalue weighted by Crippen LogP contribution is -2.13. The van der Waals surface area contributed by atoms with Crippen LogP contribution < -0.4 is 14.8 Å². The van der Waals surface area contributed by atoms with Crippen LogP contribution in [0.1, 0.15) is 10.4 Å². The van der Waals surface area contributed by atoms with Crippen LogP contribution in [0.4, 0.5) is 5.69 Å². The van der Waals surface area contributed by atoms with Crippen molar-refractivity contribution in [3.05, 3.63) is 70.2 Å². The van der Waals surface area contributed by atoms with Crippen LogP contribution in [0, 0.1) is 0 Å². The van der Waals surface area contributed by atoms with Gasteiger partial charge in [-0.2, -0.15) is 0 Å². The first-order chi connectivity index (χ1) is 14.5. The SMILES string of the molecule is COc1ccc(C(=O)Nc2c(Cl)cc(Cl)cc2-c2nc3ccccc3s2)cc1OC. The molecule has 3 aromatic carbocycles. The third kappa shape index (κ3) is 3.94. The molecule has 0 fully saturated rings. The highest BCUT2D eigenvalue weighted by Crippen LogP contribution is 2.40. The van der Waals surface area contributed by atoms with Crippen molar-refractivity contribution in [2.75, 3.05) is 19.5 Å². The van der Waals surface area contributed by atoms with Gasteiger partial charge in [0.2, 0.25) is 0 Å². The topological polar surface area (TPSA) is 60.5 Å². The summed E-state index contributed by atoms with van der Waals surface area (Å²) in [4.78, 5) is 17.6. The summed E-state index contributed by atoms with van der Waals surface area (Å²) >= 11 is 14.2. The second kappa shape index (κ2) is 8.52. The maximum atomic E-state index is 13.0. The molecule has 0 aliphatic rings. The number of carbonyl (C=O) groups excluding carboxylic acids is 1. The second-order valence-electron chi connectivity index (χ2n) is 6.32. The highest BCUT2D eigenvalue weighted by Gasteiger charge is 2.19. The van der Waals surface area contributed by atoms with Gasteiger partial charge in [-0.25, -0.2) is 4.98 Å². The Morgan fingerprint density at radius 3 is 2.50 bits per heavy atom. The lowest BCUT2D eigenvalue weighted by molar-refractivity contribution is 0.102. The summed E-state index contributed by atoms with van der Waals surface area (Å²) in [6.45, 7) is 0. The summed E-state index contributed by atoms with van der Waals surface area (Å²) in [5.74, 6) is 0.648. The van der Waals surface area contributed by atoms with Crippen molar-refractivity contribution >= 4 is 56.3 Å². The maximum absolute atomic E-state index is 13.0. The number of thiazole rings is 1. The van der Waals surface area contributed by atoms with E-state index in [1.165, 1.54) is 25.6 Å². The van der Waals surface area contributed by atoms with Gasteiger partial charge in [0.25, 0.3) is 5.91 Å². The average molecular weight is 459 g/mol. The first-order valence-corrected chi connectivity index (χ1v) is 10.5. The minimum atomic E-state index is -0.345. The number of amides is 1. The van der Waals surface area contributed by atoms with Crippen LogP contribution in [-0.2, 0) is 0 Å². The molecule has 4 aromatic rings. The Morgan fingerprint density at radius 1 is 1.00 bits per heavy atom. The fraction of sp³-hybridized carbons (Fsp3) is 0.0909. The summed E-state index contributed by atoms with van der Waals surface area (Å²) in [6, 6.07) is 16.1. The molecule has 8 heteroatoms. The molecule has 0 unspecified atom stereocenters. The Balaban J connectivity index is 1.75. The third-order valence-corrected chi connectivity index (χ3v) is 6.05. The number of nitrogens with one attached hydrogen (secondary N) is 1. The van der Waals surface area contributed by atoms with Crippen molar-refractivity contribution < 1.29 is 14.3 Å². The molecule has 30 heavy (non-hydrogen) atoms. The quantitative estimate of drug-likeness (QED) is 0.368. The van der Waals surface area contributed by atoms with Crippen LogP contribution >= 0.6 is 34.5 Å². The number of anilines is 1. The molecule has 0 atom stereocenters. The molecule has 0 aliphatic heterocycles. The maximum Gasteiger partial charge on any atom is 0.255 e. The van der Waals surface area contributed by atoms with Crippen LogP contribution in [0.2, 0.25) is 10.0 Å². The number of nitrogens with zero attached hydrogens (tertiary/aromatic N) is 1. The van der Waals surface area contributed by atoms with Gasteiger partial charge in [0.15, 0.2) is 11.5 Å². The Bertz CT molecular complexity index is 1220. The van der Waals surface area contributed by atoms with Gasteiger partial charge in [0.05, 0.1) is 35.1 Å².